The van der Waals surface area contributed by atoms with Gasteiger partial charge in [-0.15, -0.1) is 0 Å². The van der Waals surface area contributed by atoms with Crippen molar-refractivity contribution in [2.24, 2.45) is 0 Å². The lowest BCUT2D eigenvalue weighted by Crippen LogP contribution is -2.10. The minimum absolute atomic E-state index is 0.754. The molecule has 3 heteroatoms. The molecule has 0 radical (unpaired) electrons. The molecule has 0 aliphatic carbocycles. The quantitative estimate of drug-likeness (QED) is 0.208. The molecule has 0 atom stereocenters. The van der Waals surface area contributed by atoms with Crippen molar-refractivity contribution in [1.82, 2.24) is 0 Å². The van der Waals surface area contributed by atoms with Crippen molar-refractivity contribution in [3.63, 3.8) is 0 Å². The Bertz CT molecular complexity index is 1660. The Morgan fingerprint density at radius 3 is 1.00 bits per heavy atom. The first kappa shape index (κ1) is 26.0. The molecule has 0 heterocycles. The van der Waals surface area contributed by atoms with E-state index in [4.69, 9.17) is 5.73 Å². The van der Waals surface area contributed by atoms with E-state index >= 15 is 0 Å². The second-order valence-electron chi connectivity index (χ2n) is 10.4. The SMILES string of the molecule is Cc1ccc(N(c2ccc(C)cc2)c2ccc(-c3ccc(N(c4ccccc4)c4ccc(N)cc4)cc3)cc2)cc1. The molecule has 0 aromatic heterocycles. The summed E-state index contributed by atoms with van der Waals surface area (Å²) in [7, 11) is 0. The summed E-state index contributed by atoms with van der Waals surface area (Å²) in [5, 5.41) is 0. The maximum absolute atomic E-state index is 5.97. The smallest absolute Gasteiger partial charge is 0.0463 e. The van der Waals surface area contributed by atoms with Crippen molar-refractivity contribution >= 4 is 39.8 Å². The second kappa shape index (κ2) is 11.4. The summed E-state index contributed by atoms with van der Waals surface area (Å²) in [6.07, 6.45) is 0. The fraction of sp³-hybridized carbons (Fsp3) is 0.0526. The van der Waals surface area contributed by atoms with Crippen LogP contribution in [-0.2, 0) is 0 Å². The van der Waals surface area contributed by atoms with Crippen LogP contribution in [-0.4, -0.2) is 0 Å². The summed E-state index contributed by atoms with van der Waals surface area (Å²) in [6.45, 7) is 4.24. The van der Waals surface area contributed by atoms with Crippen LogP contribution in [0.25, 0.3) is 11.1 Å². The Balaban J connectivity index is 1.31. The van der Waals surface area contributed by atoms with Gasteiger partial charge in [0.25, 0.3) is 0 Å². The molecule has 6 aromatic carbocycles. The topological polar surface area (TPSA) is 32.5 Å². The minimum Gasteiger partial charge on any atom is -0.399 e. The van der Waals surface area contributed by atoms with Gasteiger partial charge in [0, 0.05) is 39.8 Å². The number of rotatable bonds is 7. The number of hydrogen-bond donors (Lipinski definition) is 1. The Kier molecular flexibility index (Phi) is 7.25. The first-order valence-corrected chi connectivity index (χ1v) is 13.9. The summed E-state index contributed by atoms with van der Waals surface area (Å²) >= 11 is 0. The highest BCUT2D eigenvalue weighted by atomic mass is 15.1. The molecule has 41 heavy (non-hydrogen) atoms. The van der Waals surface area contributed by atoms with Crippen molar-refractivity contribution in [3.8, 4) is 11.1 Å². The number of benzene rings is 6. The Labute approximate surface area is 242 Å². The van der Waals surface area contributed by atoms with Crippen LogP contribution in [0, 0.1) is 13.8 Å². The molecule has 6 aromatic rings. The van der Waals surface area contributed by atoms with Gasteiger partial charge in [-0.25, -0.2) is 0 Å². The predicted molar refractivity (Wildman–Crippen MR) is 175 cm³/mol. The third-order valence-electron chi connectivity index (χ3n) is 7.33. The molecule has 0 bridgehead atoms. The Morgan fingerprint density at radius 1 is 0.341 bits per heavy atom. The molecule has 0 spiro atoms. The molecule has 0 fully saturated rings. The fourth-order valence-electron chi connectivity index (χ4n) is 5.09. The van der Waals surface area contributed by atoms with Crippen LogP contribution in [0.15, 0.2) is 152 Å². The molecule has 0 amide bonds. The zero-order valence-corrected chi connectivity index (χ0v) is 23.4. The Hall–Kier alpha value is -5.28. The van der Waals surface area contributed by atoms with Crippen LogP contribution >= 0.6 is 0 Å². The van der Waals surface area contributed by atoms with Crippen LogP contribution in [0.1, 0.15) is 11.1 Å². The summed E-state index contributed by atoms with van der Waals surface area (Å²) in [5.74, 6) is 0. The van der Waals surface area contributed by atoms with E-state index in [0.29, 0.717) is 0 Å². The van der Waals surface area contributed by atoms with Crippen molar-refractivity contribution < 1.29 is 0 Å². The van der Waals surface area contributed by atoms with Crippen molar-refractivity contribution in [2.75, 3.05) is 15.5 Å². The van der Waals surface area contributed by atoms with Gasteiger partial charge in [-0.1, -0.05) is 77.9 Å². The lowest BCUT2D eigenvalue weighted by molar-refractivity contribution is 1.27. The summed E-state index contributed by atoms with van der Waals surface area (Å²) in [5.41, 5.74) is 18.2. The van der Waals surface area contributed by atoms with Gasteiger partial charge in [-0.3, -0.25) is 0 Å². The molecule has 0 aliphatic heterocycles. The number of nitrogens with zero attached hydrogens (tertiary/aromatic N) is 2. The molecule has 0 unspecified atom stereocenters. The highest BCUT2D eigenvalue weighted by molar-refractivity contribution is 5.81. The number of nitrogen functional groups attached to an aromatic ring is 1. The molecular weight excluding hydrogens is 498 g/mol. The van der Waals surface area contributed by atoms with E-state index in [2.05, 4.69) is 157 Å². The maximum Gasteiger partial charge on any atom is 0.0463 e. The zero-order valence-electron chi connectivity index (χ0n) is 23.4. The van der Waals surface area contributed by atoms with E-state index in [0.717, 1.165) is 39.8 Å². The number of anilines is 7. The van der Waals surface area contributed by atoms with E-state index in [1.165, 1.54) is 22.3 Å². The van der Waals surface area contributed by atoms with Gasteiger partial charge in [0.1, 0.15) is 0 Å². The number of nitrogens with two attached hydrogens (primary N) is 1. The largest absolute Gasteiger partial charge is 0.399 e. The standard InChI is InChI=1S/C38H33N3/c1-28-8-18-34(19-9-28)41(35-20-10-29(2)11-21-35)37-24-14-31(15-25-37)30-12-22-36(23-13-30)40(33-6-4-3-5-7-33)38-26-16-32(39)17-27-38/h3-27H,39H2,1-2H3. The summed E-state index contributed by atoms with van der Waals surface area (Å²) in [4.78, 5) is 4.55. The molecule has 0 aliphatic rings. The van der Waals surface area contributed by atoms with Crippen molar-refractivity contribution in [3.05, 3.63) is 163 Å². The van der Waals surface area contributed by atoms with Crippen LogP contribution in [0.3, 0.4) is 0 Å². The lowest BCUT2D eigenvalue weighted by Gasteiger charge is -2.26. The van der Waals surface area contributed by atoms with E-state index in [9.17, 15) is 0 Å². The van der Waals surface area contributed by atoms with Gasteiger partial charge in [0.15, 0.2) is 0 Å². The van der Waals surface area contributed by atoms with Crippen LogP contribution in [0.5, 0.6) is 0 Å². The molecule has 0 saturated carbocycles. The number of hydrogen-bond acceptors (Lipinski definition) is 3. The highest BCUT2D eigenvalue weighted by Gasteiger charge is 2.14. The van der Waals surface area contributed by atoms with Gasteiger partial charge in [0.05, 0.1) is 0 Å². The van der Waals surface area contributed by atoms with Gasteiger partial charge in [-0.05, 0) is 110 Å². The van der Waals surface area contributed by atoms with Crippen molar-refractivity contribution in [1.29, 1.82) is 0 Å². The average molecular weight is 532 g/mol. The van der Waals surface area contributed by atoms with Gasteiger partial charge >= 0.3 is 0 Å². The number of para-hydroxylation sites is 1. The van der Waals surface area contributed by atoms with Gasteiger partial charge in [-0.2, -0.15) is 0 Å². The predicted octanol–water partition coefficient (Wildman–Crippen LogP) is 10.5. The normalized spacial score (nSPS) is 10.8. The van der Waals surface area contributed by atoms with Gasteiger partial charge in [0.2, 0.25) is 0 Å². The molecular formula is C38H33N3. The fourth-order valence-corrected chi connectivity index (χ4v) is 5.09. The van der Waals surface area contributed by atoms with Crippen LogP contribution in [0.4, 0.5) is 39.8 Å². The molecule has 0 saturated heterocycles. The lowest BCUT2D eigenvalue weighted by atomic mass is 10.0. The number of aryl methyl sites for hydroxylation is 2. The minimum atomic E-state index is 0.754. The first-order valence-electron chi connectivity index (χ1n) is 13.9. The van der Waals surface area contributed by atoms with Crippen molar-refractivity contribution in [2.45, 2.75) is 13.8 Å². The molecule has 6 rings (SSSR count). The zero-order chi connectivity index (χ0) is 28.2. The summed E-state index contributed by atoms with van der Waals surface area (Å²) < 4.78 is 0. The average Bonchev–Trinajstić information content (AvgIpc) is 3.02. The summed E-state index contributed by atoms with van der Waals surface area (Å²) in [6, 6.07) is 53.3. The van der Waals surface area contributed by atoms with Crippen LogP contribution < -0.4 is 15.5 Å². The monoisotopic (exact) mass is 531 g/mol. The van der Waals surface area contributed by atoms with Crippen LogP contribution in [0.2, 0.25) is 0 Å². The third-order valence-corrected chi connectivity index (χ3v) is 7.33. The molecule has 3 nitrogen and oxygen atoms in total. The Morgan fingerprint density at radius 2 is 0.634 bits per heavy atom. The maximum atomic E-state index is 5.97. The van der Waals surface area contributed by atoms with E-state index in [1.807, 2.05) is 18.2 Å². The van der Waals surface area contributed by atoms with E-state index < -0.39 is 0 Å². The van der Waals surface area contributed by atoms with Gasteiger partial charge < -0.3 is 15.5 Å². The molecule has 2 N–H and O–H groups in total. The highest BCUT2D eigenvalue weighted by Crippen LogP contribution is 2.38. The second-order valence-corrected chi connectivity index (χ2v) is 10.4. The third kappa shape index (κ3) is 5.70. The van der Waals surface area contributed by atoms with E-state index in [1.54, 1.807) is 0 Å². The first-order chi connectivity index (χ1) is 20.0. The molecule has 200 valence electrons. The van der Waals surface area contributed by atoms with E-state index in [-0.39, 0.29) is 0 Å².